The van der Waals surface area contributed by atoms with Crippen molar-refractivity contribution in [3.63, 3.8) is 0 Å². The third kappa shape index (κ3) is 3.03. The van der Waals surface area contributed by atoms with Gasteiger partial charge in [0.2, 0.25) is 0 Å². The quantitative estimate of drug-likeness (QED) is 0.502. The van der Waals surface area contributed by atoms with Crippen LogP contribution in [0.1, 0.15) is 0 Å². The van der Waals surface area contributed by atoms with E-state index in [-0.39, 0.29) is 0 Å². The number of anilines is 2. The SMILES string of the molecule is Nc1ccc(-c2cc(-c3ccccn3)ccc2-c2ccccc2)cc1N. The van der Waals surface area contributed by atoms with Gasteiger partial charge in [0, 0.05) is 11.8 Å². The largest absolute Gasteiger partial charge is 0.397 e. The van der Waals surface area contributed by atoms with Crippen molar-refractivity contribution < 1.29 is 0 Å². The molecule has 0 aliphatic carbocycles. The molecule has 3 heteroatoms. The monoisotopic (exact) mass is 337 g/mol. The van der Waals surface area contributed by atoms with Crippen LogP contribution in [0.25, 0.3) is 33.5 Å². The molecule has 26 heavy (non-hydrogen) atoms. The van der Waals surface area contributed by atoms with E-state index in [1.165, 1.54) is 0 Å². The van der Waals surface area contributed by atoms with Gasteiger partial charge in [-0.05, 0) is 52.6 Å². The fourth-order valence-electron chi connectivity index (χ4n) is 3.09. The van der Waals surface area contributed by atoms with Crippen molar-refractivity contribution in [3.8, 4) is 33.5 Å². The third-order valence-electron chi connectivity index (χ3n) is 4.46. The number of rotatable bonds is 3. The maximum Gasteiger partial charge on any atom is 0.0702 e. The van der Waals surface area contributed by atoms with E-state index in [0.717, 1.165) is 33.5 Å². The smallest absolute Gasteiger partial charge is 0.0702 e. The molecule has 0 spiro atoms. The van der Waals surface area contributed by atoms with E-state index in [1.54, 1.807) is 6.20 Å². The van der Waals surface area contributed by atoms with E-state index in [9.17, 15) is 0 Å². The molecule has 1 aromatic heterocycles. The van der Waals surface area contributed by atoms with Crippen LogP contribution < -0.4 is 11.5 Å². The van der Waals surface area contributed by atoms with Gasteiger partial charge in [0.15, 0.2) is 0 Å². The lowest BCUT2D eigenvalue weighted by molar-refractivity contribution is 1.33. The van der Waals surface area contributed by atoms with Crippen LogP contribution in [0.15, 0.2) is 91.1 Å². The highest BCUT2D eigenvalue weighted by Gasteiger charge is 2.11. The van der Waals surface area contributed by atoms with Gasteiger partial charge in [-0.2, -0.15) is 0 Å². The second-order valence-corrected chi connectivity index (χ2v) is 6.19. The molecular formula is C23H19N3. The van der Waals surface area contributed by atoms with Crippen LogP contribution in [0.3, 0.4) is 0 Å². The fraction of sp³-hybridized carbons (Fsp3) is 0. The first-order valence-electron chi connectivity index (χ1n) is 8.48. The lowest BCUT2D eigenvalue weighted by atomic mass is 9.91. The molecule has 3 aromatic carbocycles. The average molecular weight is 337 g/mol. The molecule has 0 fully saturated rings. The van der Waals surface area contributed by atoms with Crippen LogP contribution in [0.5, 0.6) is 0 Å². The maximum atomic E-state index is 6.06. The minimum atomic E-state index is 0.588. The molecule has 4 N–H and O–H groups in total. The second-order valence-electron chi connectivity index (χ2n) is 6.19. The highest BCUT2D eigenvalue weighted by Crippen LogP contribution is 2.36. The van der Waals surface area contributed by atoms with E-state index in [1.807, 2.05) is 54.6 Å². The first-order valence-corrected chi connectivity index (χ1v) is 8.48. The number of pyridine rings is 1. The van der Waals surface area contributed by atoms with E-state index >= 15 is 0 Å². The number of nitrogen functional groups attached to an aromatic ring is 2. The summed E-state index contributed by atoms with van der Waals surface area (Å²) in [5.74, 6) is 0. The van der Waals surface area contributed by atoms with Gasteiger partial charge in [0.1, 0.15) is 0 Å². The molecule has 0 saturated carbocycles. The van der Waals surface area contributed by atoms with Crippen LogP contribution in [0, 0.1) is 0 Å². The van der Waals surface area contributed by atoms with Crippen molar-refractivity contribution >= 4 is 11.4 Å². The number of nitrogens with two attached hydrogens (primary N) is 2. The van der Waals surface area contributed by atoms with Crippen molar-refractivity contribution in [2.24, 2.45) is 0 Å². The average Bonchev–Trinajstić information content (AvgIpc) is 2.71. The molecule has 0 bridgehead atoms. The van der Waals surface area contributed by atoms with Gasteiger partial charge in [-0.1, -0.05) is 54.6 Å². The first kappa shape index (κ1) is 15.9. The maximum absolute atomic E-state index is 6.06. The molecule has 0 amide bonds. The molecule has 1 heterocycles. The van der Waals surface area contributed by atoms with E-state index < -0.39 is 0 Å². The molecule has 0 unspecified atom stereocenters. The molecule has 0 aliphatic rings. The first-order chi connectivity index (χ1) is 12.7. The predicted molar refractivity (Wildman–Crippen MR) is 109 cm³/mol. The zero-order chi connectivity index (χ0) is 17.9. The minimum absolute atomic E-state index is 0.588. The van der Waals surface area contributed by atoms with Gasteiger partial charge in [0.05, 0.1) is 17.1 Å². The topological polar surface area (TPSA) is 64.9 Å². The summed E-state index contributed by atoms with van der Waals surface area (Å²) in [5.41, 5.74) is 19.6. The summed E-state index contributed by atoms with van der Waals surface area (Å²) in [7, 11) is 0. The number of hydrogen-bond donors (Lipinski definition) is 2. The Bertz CT molecular complexity index is 1040. The number of hydrogen-bond acceptors (Lipinski definition) is 3. The molecule has 0 atom stereocenters. The summed E-state index contributed by atoms with van der Waals surface area (Å²) in [6.45, 7) is 0. The molecule has 4 aromatic rings. The molecule has 126 valence electrons. The lowest BCUT2D eigenvalue weighted by Crippen LogP contribution is -1.95. The molecule has 4 rings (SSSR count). The van der Waals surface area contributed by atoms with E-state index in [4.69, 9.17) is 11.5 Å². The zero-order valence-corrected chi connectivity index (χ0v) is 14.3. The Balaban J connectivity index is 1.93. The lowest BCUT2D eigenvalue weighted by Gasteiger charge is -2.14. The summed E-state index contributed by atoms with van der Waals surface area (Å²) < 4.78 is 0. The number of nitrogens with zero attached hydrogens (tertiary/aromatic N) is 1. The van der Waals surface area contributed by atoms with Crippen molar-refractivity contribution in [1.29, 1.82) is 0 Å². The van der Waals surface area contributed by atoms with Gasteiger partial charge in [0.25, 0.3) is 0 Å². The Morgan fingerprint density at radius 2 is 1.31 bits per heavy atom. The number of aromatic nitrogens is 1. The normalized spacial score (nSPS) is 10.6. The van der Waals surface area contributed by atoms with Crippen LogP contribution in [0.4, 0.5) is 11.4 Å². The molecular weight excluding hydrogens is 318 g/mol. The Labute approximate surface area is 153 Å². The summed E-state index contributed by atoms with van der Waals surface area (Å²) in [6.07, 6.45) is 1.81. The van der Waals surface area contributed by atoms with Crippen molar-refractivity contribution in [3.05, 3.63) is 91.1 Å². The molecule has 0 saturated heterocycles. The fourth-order valence-corrected chi connectivity index (χ4v) is 3.09. The van der Waals surface area contributed by atoms with Gasteiger partial charge >= 0.3 is 0 Å². The standard InChI is InChI=1S/C23H19N3/c24-21-12-10-17(15-22(21)25)20-14-18(23-8-4-5-13-26-23)9-11-19(20)16-6-2-1-3-7-16/h1-15H,24-25H2. The van der Waals surface area contributed by atoms with Crippen LogP contribution in [0.2, 0.25) is 0 Å². The minimum Gasteiger partial charge on any atom is -0.397 e. The summed E-state index contributed by atoms with van der Waals surface area (Å²) in [6, 6.07) is 28.5. The van der Waals surface area contributed by atoms with Crippen LogP contribution in [-0.4, -0.2) is 4.98 Å². The molecule has 3 nitrogen and oxygen atoms in total. The molecule has 0 aliphatic heterocycles. The van der Waals surface area contributed by atoms with Crippen molar-refractivity contribution in [2.45, 2.75) is 0 Å². The Morgan fingerprint density at radius 3 is 2.04 bits per heavy atom. The van der Waals surface area contributed by atoms with Gasteiger partial charge in [-0.3, -0.25) is 4.98 Å². The summed E-state index contributed by atoms with van der Waals surface area (Å²) >= 11 is 0. The van der Waals surface area contributed by atoms with Gasteiger partial charge < -0.3 is 11.5 Å². The Hall–Kier alpha value is -3.59. The predicted octanol–water partition coefficient (Wildman–Crippen LogP) is 5.25. The Morgan fingerprint density at radius 1 is 0.538 bits per heavy atom. The molecule has 0 radical (unpaired) electrons. The van der Waals surface area contributed by atoms with Crippen molar-refractivity contribution in [1.82, 2.24) is 4.98 Å². The third-order valence-corrected chi connectivity index (χ3v) is 4.46. The second kappa shape index (κ2) is 6.73. The zero-order valence-electron chi connectivity index (χ0n) is 14.3. The highest BCUT2D eigenvalue weighted by atomic mass is 14.7. The van der Waals surface area contributed by atoms with E-state index in [2.05, 4.69) is 35.3 Å². The summed E-state index contributed by atoms with van der Waals surface area (Å²) in [5, 5.41) is 0. The number of benzene rings is 3. The van der Waals surface area contributed by atoms with Crippen LogP contribution >= 0.6 is 0 Å². The van der Waals surface area contributed by atoms with Crippen molar-refractivity contribution in [2.75, 3.05) is 11.5 Å². The highest BCUT2D eigenvalue weighted by molar-refractivity contribution is 5.88. The van der Waals surface area contributed by atoms with Gasteiger partial charge in [-0.15, -0.1) is 0 Å². The van der Waals surface area contributed by atoms with E-state index in [0.29, 0.717) is 11.4 Å². The Kier molecular flexibility index (Phi) is 4.12. The van der Waals surface area contributed by atoms with Gasteiger partial charge in [-0.25, -0.2) is 0 Å². The summed E-state index contributed by atoms with van der Waals surface area (Å²) in [4.78, 5) is 4.47. The van der Waals surface area contributed by atoms with Crippen LogP contribution in [-0.2, 0) is 0 Å².